The number of aliphatic hydroxyl groups excluding tert-OH is 2. The van der Waals surface area contributed by atoms with E-state index >= 15 is 0 Å². The van der Waals surface area contributed by atoms with E-state index in [0.29, 0.717) is 0 Å². The lowest BCUT2D eigenvalue weighted by Gasteiger charge is -2.08. The van der Waals surface area contributed by atoms with Crippen LogP contribution in [0.5, 0.6) is 0 Å². The highest BCUT2D eigenvalue weighted by molar-refractivity contribution is 9.10. The van der Waals surface area contributed by atoms with Gasteiger partial charge in [0.2, 0.25) is 0 Å². The second-order valence-corrected chi connectivity index (χ2v) is 2.48. The van der Waals surface area contributed by atoms with Crippen molar-refractivity contribution in [2.45, 2.75) is 10.9 Å². The summed E-state index contributed by atoms with van der Waals surface area (Å²) in [5.41, 5.74) is 0. The van der Waals surface area contributed by atoms with Gasteiger partial charge in [-0.3, -0.25) is 4.79 Å². The summed E-state index contributed by atoms with van der Waals surface area (Å²) in [5, 5.41) is 25.0. The average molecular weight is 199 g/mol. The van der Waals surface area contributed by atoms with Crippen molar-refractivity contribution in [3.63, 3.8) is 0 Å². The molecule has 0 aromatic heterocycles. The Morgan fingerprint density at radius 1 is 1.67 bits per heavy atom. The van der Waals surface area contributed by atoms with Crippen molar-refractivity contribution < 1.29 is 20.1 Å². The zero-order valence-electron chi connectivity index (χ0n) is 4.49. The van der Waals surface area contributed by atoms with E-state index in [1.54, 1.807) is 0 Å². The van der Waals surface area contributed by atoms with Gasteiger partial charge in [0.05, 0.1) is 6.61 Å². The van der Waals surface area contributed by atoms with E-state index in [9.17, 15) is 4.79 Å². The van der Waals surface area contributed by atoms with Gasteiger partial charge in [-0.25, -0.2) is 0 Å². The number of hydrogen-bond acceptors (Lipinski definition) is 3. The molecule has 0 radical (unpaired) electrons. The number of halogens is 1. The van der Waals surface area contributed by atoms with E-state index in [2.05, 4.69) is 15.9 Å². The van der Waals surface area contributed by atoms with Crippen LogP contribution in [0.4, 0.5) is 0 Å². The molecule has 0 fully saturated rings. The molecule has 2 unspecified atom stereocenters. The van der Waals surface area contributed by atoms with Gasteiger partial charge in [-0.2, -0.15) is 0 Å². The zero-order chi connectivity index (χ0) is 7.44. The molecule has 2 atom stereocenters. The molecule has 0 amide bonds. The summed E-state index contributed by atoms with van der Waals surface area (Å²) in [7, 11) is 0. The average Bonchev–Trinajstić information content (AvgIpc) is 1.84. The van der Waals surface area contributed by atoms with Crippen LogP contribution in [0.2, 0.25) is 0 Å². The molecule has 0 saturated carbocycles. The van der Waals surface area contributed by atoms with Gasteiger partial charge in [0.25, 0.3) is 0 Å². The third-order valence-electron chi connectivity index (χ3n) is 0.761. The summed E-state index contributed by atoms with van der Waals surface area (Å²) in [6, 6.07) is 0. The quantitative estimate of drug-likeness (QED) is 0.519. The molecular weight excluding hydrogens is 192 g/mol. The van der Waals surface area contributed by atoms with Crippen LogP contribution < -0.4 is 0 Å². The maximum Gasteiger partial charge on any atom is 0.320 e. The Balaban J connectivity index is 3.72. The van der Waals surface area contributed by atoms with E-state index in [1.807, 2.05) is 0 Å². The van der Waals surface area contributed by atoms with Crippen LogP contribution in [0.15, 0.2) is 0 Å². The number of hydrogen-bond donors (Lipinski definition) is 3. The highest BCUT2D eigenvalue weighted by Gasteiger charge is 2.21. The summed E-state index contributed by atoms with van der Waals surface area (Å²) >= 11 is 2.66. The van der Waals surface area contributed by atoms with Crippen molar-refractivity contribution >= 4 is 21.9 Å². The topological polar surface area (TPSA) is 77.8 Å². The molecule has 54 valence electrons. The highest BCUT2D eigenvalue weighted by atomic mass is 79.9. The van der Waals surface area contributed by atoms with Crippen molar-refractivity contribution in [1.82, 2.24) is 0 Å². The maximum absolute atomic E-state index is 9.98. The molecule has 9 heavy (non-hydrogen) atoms. The van der Waals surface area contributed by atoms with Crippen LogP contribution >= 0.6 is 15.9 Å². The zero-order valence-corrected chi connectivity index (χ0v) is 6.08. The smallest absolute Gasteiger partial charge is 0.320 e. The molecule has 0 aliphatic heterocycles. The van der Waals surface area contributed by atoms with Gasteiger partial charge in [0, 0.05) is 0 Å². The number of rotatable bonds is 3. The molecule has 0 bridgehead atoms. The van der Waals surface area contributed by atoms with Crippen LogP contribution in [0.1, 0.15) is 0 Å². The lowest BCUT2D eigenvalue weighted by molar-refractivity contribution is -0.138. The number of alkyl halides is 1. The third-order valence-corrected chi connectivity index (χ3v) is 1.76. The fraction of sp³-hybridized carbons (Fsp3) is 0.750. The van der Waals surface area contributed by atoms with Crippen molar-refractivity contribution in [3.8, 4) is 0 Å². The van der Waals surface area contributed by atoms with Gasteiger partial charge in [-0.05, 0) is 0 Å². The highest BCUT2D eigenvalue weighted by Crippen LogP contribution is 2.04. The lowest BCUT2D eigenvalue weighted by Crippen LogP contribution is -2.31. The lowest BCUT2D eigenvalue weighted by atomic mass is 10.3. The molecule has 0 aromatic carbocycles. The van der Waals surface area contributed by atoms with Crippen molar-refractivity contribution in [1.29, 1.82) is 0 Å². The second kappa shape index (κ2) is 3.81. The SMILES string of the molecule is O=C(O)C(Br)C(O)CO. The Morgan fingerprint density at radius 2 is 2.11 bits per heavy atom. The van der Waals surface area contributed by atoms with Crippen molar-refractivity contribution in [2.75, 3.05) is 6.61 Å². The van der Waals surface area contributed by atoms with Gasteiger partial charge in [0.1, 0.15) is 10.9 Å². The predicted molar refractivity (Wildman–Crippen MR) is 33.4 cm³/mol. The second-order valence-electron chi connectivity index (χ2n) is 1.49. The van der Waals surface area contributed by atoms with Crippen LogP contribution in [-0.4, -0.2) is 38.8 Å². The summed E-state index contributed by atoms with van der Waals surface area (Å²) in [6.45, 7) is -0.553. The Bertz CT molecular complexity index is 105. The van der Waals surface area contributed by atoms with E-state index in [-0.39, 0.29) is 0 Å². The number of carboxylic acid groups (broad SMARTS) is 1. The Morgan fingerprint density at radius 3 is 2.22 bits per heavy atom. The minimum absolute atomic E-state index is 0.553. The molecule has 0 aliphatic rings. The molecule has 0 aliphatic carbocycles. The summed E-state index contributed by atoms with van der Waals surface area (Å²) in [5.74, 6) is -1.18. The fourth-order valence-corrected chi connectivity index (χ4v) is 0.424. The summed E-state index contributed by atoms with van der Waals surface area (Å²) in [4.78, 5) is 8.90. The molecule has 0 heterocycles. The van der Waals surface area contributed by atoms with Gasteiger partial charge < -0.3 is 15.3 Å². The molecule has 0 aromatic rings. The molecule has 4 nitrogen and oxygen atoms in total. The molecule has 0 rings (SSSR count). The summed E-state index contributed by atoms with van der Waals surface area (Å²) < 4.78 is 0. The number of aliphatic hydroxyl groups is 2. The standard InChI is InChI=1S/C4H7BrO4/c5-3(4(8)9)2(7)1-6/h2-3,6-7H,1H2,(H,8,9). The maximum atomic E-state index is 9.98. The van der Waals surface area contributed by atoms with E-state index < -0.39 is 23.5 Å². The molecule has 3 N–H and O–H groups in total. The Labute approximate surface area is 60.2 Å². The largest absolute Gasteiger partial charge is 0.480 e. The first kappa shape index (κ1) is 8.87. The monoisotopic (exact) mass is 198 g/mol. The number of carbonyl (C=O) groups is 1. The van der Waals surface area contributed by atoms with Gasteiger partial charge in [-0.15, -0.1) is 0 Å². The minimum Gasteiger partial charge on any atom is -0.480 e. The van der Waals surface area contributed by atoms with Gasteiger partial charge in [0.15, 0.2) is 0 Å². The summed E-state index contributed by atoms with van der Waals surface area (Å²) in [6.07, 6.45) is -1.23. The van der Waals surface area contributed by atoms with Gasteiger partial charge >= 0.3 is 5.97 Å². The van der Waals surface area contributed by atoms with Crippen LogP contribution in [0.25, 0.3) is 0 Å². The molecule has 0 saturated heterocycles. The first-order valence-electron chi connectivity index (χ1n) is 2.25. The van der Waals surface area contributed by atoms with E-state index in [1.165, 1.54) is 0 Å². The molecule has 5 heteroatoms. The Hall–Kier alpha value is -0.130. The first-order chi connectivity index (χ1) is 4.09. The van der Waals surface area contributed by atoms with Crippen LogP contribution in [0.3, 0.4) is 0 Å². The van der Waals surface area contributed by atoms with E-state index in [4.69, 9.17) is 15.3 Å². The van der Waals surface area contributed by atoms with Crippen molar-refractivity contribution in [3.05, 3.63) is 0 Å². The van der Waals surface area contributed by atoms with E-state index in [0.717, 1.165) is 0 Å². The fourth-order valence-electron chi connectivity index (χ4n) is 0.257. The molecule has 0 spiro atoms. The third kappa shape index (κ3) is 2.78. The number of aliphatic carboxylic acids is 1. The molecular formula is C4H7BrO4. The van der Waals surface area contributed by atoms with Gasteiger partial charge in [-0.1, -0.05) is 15.9 Å². The minimum atomic E-state index is -1.23. The number of carboxylic acids is 1. The van der Waals surface area contributed by atoms with Crippen LogP contribution in [-0.2, 0) is 4.79 Å². The predicted octanol–water partition coefficient (Wildman–Crippen LogP) is -0.812. The Kier molecular flexibility index (Phi) is 3.76. The first-order valence-corrected chi connectivity index (χ1v) is 3.17. The normalized spacial score (nSPS) is 16.8. The van der Waals surface area contributed by atoms with Crippen LogP contribution in [0, 0.1) is 0 Å². The van der Waals surface area contributed by atoms with Crippen molar-refractivity contribution in [2.24, 2.45) is 0 Å².